The number of nitrogens with one attached hydrogen (secondary N) is 1. The smallest absolute Gasteiger partial charge is 0.0558 e. The Morgan fingerprint density at radius 1 is 1.25 bits per heavy atom. The third-order valence-electron chi connectivity index (χ3n) is 3.77. The van der Waals surface area contributed by atoms with E-state index in [1.807, 2.05) is 7.05 Å². The number of hydrogen-bond donors (Lipinski definition) is 2. The Balaban J connectivity index is 2.02. The van der Waals surface area contributed by atoms with Crippen molar-refractivity contribution in [3.05, 3.63) is 28.2 Å². The van der Waals surface area contributed by atoms with E-state index in [-0.39, 0.29) is 6.61 Å². The van der Waals surface area contributed by atoms with E-state index in [4.69, 9.17) is 5.11 Å². The van der Waals surface area contributed by atoms with Gasteiger partial charge in [0, 0.05) is 42.9 Å². The average Bonchev–Trinajstić information content (AvgIpc) is 2.67. The summed E-state index contributed by atoms with van der Waals surface area (Å²) in [7, 11) is 1.96. The van der Waals surface area contributed by atoms with E-state index in [0.29, 0.717) is 0 Å². The first-order valence-corrected chi connectivity index (χ1v) is 8.05. The molecule has 1 fully saturated rings. The lowest BCUT2D eigenvalue weighted by Gasteiger charge is -2.24. The van der Waals surface area contributed by atoms with Crippen molar-refractivity contribution >= 4 is 21.6 Å². The van der Waals surface area contributed by atoms with Crippen molar-refractivity contribution in [2.75, 3.05) is 51.3 Å². The Bertz CT molecular complexity index is 428. The molecule has 0 atom stereocenters. The molecule has 0 aromatic heterocycles. The normalized spacial score (nSPS) is 17.2. The SMILES string of the molecule is CNCc1ccc(N2CCCN(CCO)CC2)cc1Br. The van der Waals surface area contributed by atoms with Gasteiger partial charge in [-0.25, -0.2) is 0 Å². The third kappa shape index (κ3) is 4.19. The number of β-amino-alcohol motifs (C(OH)–C–C–N with tert-alkyl or cyclic N) is 1. The van der Waals surface area contributed by atoms with Gasteiger partial charge in [0.25, 0.3) is 0 Å². The predicted molar refractivity (Wildman–Crippen MR) is 87.3 cm³/mol. The Morgan fingerprint density at radius 3 is 2.80 bits per heavy atom. The van der Waals surface area contributed by atoms with Gasteiger partial charge in [-0.3, -0.25) is 4.90 Å². The second kappa shape index (κ2) is 7.98. The molecule has 112 valence electrons. The fraction of sp³-hybridized carbons (Fsp3) is 0.600. The van der Waals surface area contributed by atoms with E-state index in [1.165, 1.54) is 15.7 Å². The summed E-state index contributed by atoms with van der Waals surface area (Å²) >= 11 is 3.66. The Labute approximate surface area is 129 Å². The Kier molecular flexibility index (Phi) is 6.29. The van der Waals surface area contributed by atoms with E-state index in [0.717, 1.165) is 45.7 Å². The van der Waals surface area contributed by atoms with Gasteiger partial charge in [0.15, 0.2) is 0 Å². The second-order valence-electron chi connectivity index (χ2n) is 5.21. The van der Waals surface area contributed by atoms with Crippen LogP contribution in [0.4, 0.5) is 5.69 Å². The molecular formula is C15H24BrN3O. The number of benzene rings is 1. The maximum absolute atomic E-state index is 9.04. The van der Waals surface area contributed by atoms with E-state index in [1.54, 1.807) is 0 Å². The zero-order valence-corrected chi connectivity index (χ0v) is 13.7. The molecule has 0 unspecified atom stereocenters. The summed E-state index contributed by atoms with van der Waals surface area (Å²) in [5.41, 5.74) is 2.57. The Hall–Kier alpha value is -0.620. The first-order valence-electron chi connectivity index (χ1n) is 7.26. The highest BCUT2D eigenvalue weighted by atomic mass is 79.9. The third-order valence-corrected chi connectivity index (χ3v) is 4.51. The van der Waals surface area contributed by atoms with Crippen LogP contribution in [0.15, 0.2) is 22.7 Å². The molecule has 0 saturated carbocycles. The molecule has 2 N–H and O–H groups in total. The molecule has 0 bridgehead atoms. The minimum Gasteiger partial charge on any atom is -0.395 e. The van der Waals surface area contributed by atoms with Crippen molar-refractivity contribution < 1.29 is 5.11 Å². The standard InChI is InChI=1S/C15H24BrN3O/c1-17-12-13-3-4-14(11-15(13)16)19-6-2-5-18(7-8-19)9-10-20/h3-4,11,17,20H,2,5-10,12H2,1H3. The van der Waals surface area contributed by atoms with Crippen LogP contribution in [-0.2, 0) is 6.54 Å². The number of rotatable bonds is 5. The van der Waals surface area contributed by atoms with Gasteiger partial charge in [-0.1, -0.05) is 22.0 Å². The van der Waals surface area contributed by atoms with Crippen LogP contribution in [0.25, 0.3) is 0 Å². The molecule has 4 nitrogen and oxygen atoms in total. The summed E-state index contributed by atoms with van der Waals surface area (Å²) in [5, 5.41) is 12.2. The number of anilines is 1. The van der Waals surface area contributed by atoms with E-state index in [9.17, 15) is 0 Å². The summed E-state index contributed by atoms with van der Waals surface area (Å²) < 4.78 is 1.17. The summed E-state index contributed by atoms with van der Waals surface area (Å²) in [6.07, 6.45) is 1.15. The van der Waals surface area contributed by atoms with Crippen LogP contribution in [0.5, 0.6) is 0 Å². The summed E-state index contributed by atoms with van der Waals surface area (Å²) in [6, 6.07) is 6.61. The zero-order chi connectivity index (χ0) is 14.4. The molecule has 0 aliphatic carbocycles. The molecule has 1 aliphatic heterocycles. The molecule has 1 saturated heterocycles. The highest BCUT2D eigenvalue weighted by Crippen LogP contribution is 2.25. The second-order valence-corrected chi connectivity index (χ2v) is 6.07. The average molecular weight is 342 g/mol. The summed E-state index contributed by atoms with van der Waals surface area (Å²) in [6.45, 7) is 6.14. The van der Waals surface area contributed by atoms with Gasteiger partial charge in [-0.15, -0.1) is 0 Å². The van der Waals surface area contributed by atoms with Gasteiger partial charge in [0.1, 0.15) is 0 Å². The van der Waals surface area contributed by atoms with Crippen LogP contribution in [0.2, 0.25) is 0 Å². The molecule has 20 heavy (non-hydrogen) atoms. The van der Waals surface area contributed by atoms with Crippen molar-refractivity contribution in [1.29, 1.82) is 0 Å². The molecule has 1 aromatic carbocycles. The number of aliphatic hydroxyl groups is 1. The lowest BCUT2D eigenvalue weighted by molar-refractivity contribution is 0.204. The highest BCUT2D eigenvalue weighted by Gasteiger charge is 2.15. The van der Waals surface area contributed by atoms with Gasteiger partial charge >= 0.3 is 0 Å². The van der Waals surface area contributed by atoms with Crippen LogP contribution >= 0.6 is 15.9 Å². The monoisotopic (exact) mass is 341 g/mol. The number of hydrogen-bond acceptors (Lipinski definition) is 4. The van der Waals surface area contributed by atoms with E-state index >= 15 is 0 Å². The van der Waals surface area contributed by atoms with Gasteiger partial charge in [0.05, 0.1) is 6.61 Å². The number of nitrogens with zero attached hydrogens (tertiary/aromatic N) is 2. The van der Waals surface area contributed by atoms with Crippen molar-refractivity contribution in [1.82, 2.24) is 10.2 Å². The molecule has 1 heterocycles. The summed E-state index contributed by atoms with van der Waals surface area (Å²) in [4.78, 5) is 4.77. The minimum absolute atomic E-state index is 0.254. The fourth-order valence-electron chi connectivity index (χ4n) is 2.66. The molecular weight excluding hydrogens is 318 g/mol. The Morgan fingerprint density at radius 2 is 2.10 bits per heavy atom. The van der Waals surface area contributed by atoms with Gasteiger partial charge in [-0.05, 0) is 37.7 Å². The number of halogens is 1. The van der Waals surface area contributed by atoms with E-state index < -0.39 is 0 Å². The zero-order valence-electron chi connectivity index (χ0n) is 12.1. The number of aliphatic hydroxyl groups excluding tert-OH is 1. The first kappa shape index (κ1) is 15.8. The molecule has 2 rings (SSSR count). The predicted octanol–water partition coefficient (Wildman–Crippen LogP) is 1.67. The van der Waals surface area contributed by atoms with Crippen LogP contribution in [0, 0.1) is 0 Å². The first-order chi connectivity index (χ1) is 9.74. The van der Waals surface area contributed by atoms with Crippen LogP contribution in [0.3, 0.4) is 0 Å². The summed E-state index contributed by atoms with van der Waals surface area (Å²) in [5.74, 6) is 0. The quantitative estimate of drug-likeness (QED) is 0.854. The fourth-order valence-corrected chi connectivity index (χ4v) is 3.17. The highest BCUT2D eigenvalue weighted by molar-refractivity contribution is 9.10. The molecule has 0 amide bonds. The van der Waals surface area contributed by atoms with Crippen molar-refractivity contribution in [2.45, 2.75) is 13.0 Å². The van der Waals surface area contributed by atoms with Crippen LogP contribution < -0.4 is 10.2 Å². The maximum Gasteiger partial charge on any atom is 0.0558 e. The van der Waals surface area contributed by atoms with Crippen molar-refractivity contribution in [3.63, 3.8) is 0 Å². The van der Waals surface area contributed by atoms with Gasteiger partial charge < -0.3 is 15.3 Å². The van der Waals surface area contributed by atoms with Gasteiger partial charge in [0.2, 0.25) is 0 Å². The topological polar surface area (TPSA) is 38.7 Å². The van der Waals surface area contributed by atoms with Crippen molar-refractivity contribution in [2.24, 2.45) is 0 Å². The molecule has 1 aromatic rings. The lowest BCUT2D eigenvalue weighted by Crippen LogP contribution is -2.32. The molecule has 0 spiro atoms. The van der Waals surface area contributed by atoms with Gasteiger partial charge in [-0.2, -0.15) is 0 Å². The lowest BCUT2D eigenvalue weighted by atomic mass is 10.2. The van der Waals surface area contributed by atoms with Crippen molar-refractivity contribution in [3.8, 4) is 0 Å². The largest absolute Gasteiger partial charge is 0.395 e. The molecule has 1 aliphatic rings. The molecule has 5 heteroatoms. The van der Waals surface area contributed by atoms with E-state index in [2.05, 4.69) is 49.2 Å². The van der Waals surface area contributed by atoms with Crippen LogP contribution in [-0.4, -0.2) is 56.4 Å². The van der Waals surface area contributed by atoms with Crippen LogP contribution in [0.1, 0.15) is 12.0 Å². The maximum atomic E-state index is 9.04. The molecule has 0 radical (unpaired) electrons. The minimum atomic E-state index is 0.254.